The molecule has 0 heterocycles. The van der Waals surface area contributed by atoms with Crippen LogP contribution in [0.2, 0.25) is 0 Å². The van der Waals surface area contributed by atoms with E-state index in [0.717, 1.165) is 6.07 Å². The van der Waals surface area contributed by atoms with Gasteiger partial charge in [0.2, 0.25) is 0 Å². The zero-order valence-corrected chi connectivity index (χ0v) is 17.3. The number of phenols is 1. The van der Waals surface area contributed by atoms with Gasteiger partial charge >= 0.3 is 12.4 Å². The molecule has 0 fully saturated rings. The number of rotatable bonds is 7. The maximum Gasteiger partial charge on any atom is 0.426 e. The summed E-state index contributed by atoms with van der Waals surface area (Å²) in [5.74, 6) is -0.837. The van der Waals surface area contributed by atoms with Crippen LogP contribution in [-0.4, -0.2) is 60.7 Å². The second kappa shape index (κ2) is 8.44. The molecule has 0 saturated heterocycles. The number of benzene rings is 2. The van der Waals surface area contributed by atoms with Gasteiger partial charge in [-0.3, -0.25) is 19.4 Å². The van der Waals surface area contributed by atoms with E-state index in [2.05, 4.69) is 4.84 Å². The van der Waals surface area contributed by atoms with Gasteiger partial charge < -0.3 is 10.2 Å². The molecule has 0 radical (unpaired) electrons. The highest BCUT2D eigenvalue weighted by atomic mass is 32.2. The molecule has 0 aliphatic carbocycles. The second-order valence-electron chi connectivity index (χ2n) is 6.52. The summed E-state index contributed by atoms with van der Waals surface area (Å²) in [5, 5.41) is 17.4. The number of nitrogens with one attached hydrogen (secondary N) is 1. The van der Waals surface area contributed by atoms with E-state index in [1.807, 2.05) is 0 Å². The summed E-state index contributed by atoms with van der Waals surface area (Å²) < 4.78 is 141. The lowest BCUT2D eigenvalue weighted by Gasteiger charge is -2.32. The molecule has 0 aliphatic rings. The van der Waals surface area contributed by atoms with Crippen LogP contribution in [0.3, 0.4) is 0 Å². The fourth-order valence-electron chi connectivity index (χ4n) is 2.64. The van der Waals surface area contributed by atoms with Gasteiger partial charge in [0.15, 0.2) is 0 Å². The van der Waals surface area contributed by atoms with Crippen molar-refractivity contribution in [3.63, 3.8) is 0 Å². The summed E-state index contributed by atoms with van der Waals surface area (Å²) in [6, 6.07) is 2.49. The Morgan fingerprint density at radius 3 is 1.73 bits per heavy atom. The van der Waals surface area contributed by atoms with E-state index >= 15 is 0 Å². The molecule has 0 aliphatic heterocycles. The standard InChI is InChI=1S/C15H13F6NO9S2/c16-14(17,18)13(24,15(19,20)21)1-2-31-22-7-3-9-10(11(4-7)32(25,26)27)5-8(23)6-12(9)33(28,29)30/h3-6,22-24H,1-2H2,(H,25,26,27)(H,28,29,30). The predicted octanol–water partition coefficient (Wildman–Crippen LogP) is 2.63. The molecule has 0 aromatic heterocycles. The molecule has 5 N–H and O–H groups in total. The highest BCUT2D eigenvalue weighted by Gasteiger charge is 2.69. The number of alkyl halides is 6. The molecule has 2 aromatic carbocycles. The third-order valence-electron chi connectivity index (χ3n) is 4.23. The third-order valence-corrected chi connectivity index (χ3v) is 6.02. The first-order valence-electron chi connectivity index (χ1n) is 8.18. The zero-order chi connectivity index (χ0) is 25.6. The minimum atomic E-state index is -6.11. The molecule has 33 heavy (non-hydrogen) atoms. The Balaban J connectivity index is 2.46. The van der Waals surface area contributed by atoms with Crippen LogP contribution in [0.1, 0.15) is 6.42 Å². The van der Waals surface area contributed by atoms with Crippen LogP contribution in [0.25, 0.3) is 10.8 Å². The molecule has 0 spiro atoms. The molecule has 0 saturated carbocycles. The Morgan fingerprint density at radius 1 is 0.818 bits per heavy atom. The predicted molar refractivity (Wildman–Crippen MR) is 96.5 cm³/mol. The number of hydrogen-bond donors (Lipinski definition) is 5. The number of aromatic hydroxyl groups is 1. The summed E-state index contributed by atoms with van der Waals surface area (Å²) in [5.41, 5.74) is -3.97. The monoisotopic (exact) mass is 529 g/mol. The molecule has 10 nitrogen and oxygen atoms in total. The van der Waals surface area contributed by atoms with Gasteiger partial charge in [-0.25, -0.2) is 0 Å². The van der Waals surface area contributed by atoms with Gasteiger partial charge in [-0.05, 0) is 18.2 Å². The van der Waals surface area contributed by atoms with Crippen molar-refractivity contribution in [1.29, 1.82) is 0 Å². The van der Waals surface area contributed by atoms with E-state index in [1.165, 1.54) is 0 Å². The average molecular weight is 529 g/mol. The van der Waals surface area contributed by atoms with Crippen molar-refractivity contribution in [2.45, 2.75) is 34.2 Å². The lowest BCUT2D eigenvalue weighted by molar-refractivity contribution is -0.371. The molecule has 0 bridgehead atoms. The van der Waals surface area contributed by atoms with Gasteiger partial charge in [-0.1, -0.05) is 0 Å². The Hall–Kier alpha value is -2.38. The lowest BCUT2D eigenvalue weighted by Crippen LogP contribution is -2.57. The van der Waals surface area contributed by atoms with Gasteiger partial charge in [-0.2, -0.15) is 43.2 Å². The molecular weight excluding hydrogens is 516 g/mol. The topological polar surface area (TPSA) is 170 Å². The zero-order valence-electron chi connectivity index (χ0n) is 15.6. The fourth-order valence-corrected chi connectivity index (χ4v) is 4.08. The molecule has 0 atom stereocenters. The molecule has 2 aromatic rings. The van der Waals surface area contributed by atoms with Crippen LogP contribution >= 0.6 is 0 Å². The normalized spacial score (nSPS) is 14.0. The second-order valence-corrected chi connectivity index (χ2v) is 9.30. The third kappa shape index (κ3) is 5.58. The van der Waals surface area contributed by atoms with E-state index < -0.39 is 83.2 Å². The Labute approximate surface area is 180 Å². The Bertz CT molecular complexity index is 1260. The van der Waals surface area contributed by atoms with Crippen molar-refractivity contribution >= 4 is 36.7 Å². The van der Waals surface area contributed by atoms with Crippen molar-refractivity contribution in [2.24, 2.45) is 0 Å². The van der Waals surface area contributed by atoms with E-state index in [-0.39, 0.29) is 0 Å². The van der Waals surface area contributed by atoms with Gasteiger partial charge in [0.05, 0.1) is 12.3 Å². The van der Waals surface area contributed by atoms with Crippen molar-refractivity contribution in [3.8, 4) is 5.75 Å². The summed E-state index contributed by atoms with van der Waals surface area (Å²) in [6.07, 6.45) is -14.2. The van der Waals surface area contributed by atoms with Crippen LogP contribution in [0, 0.1) is 0 Å². The largest absolute Gasteiger partial charge is 0.508 e. The summed E-state index contributed by atoms with van der Waals surface area (Å²) in [4.78, 5) is 2.32. The Kier molecular flexibility index (Phi) is 6.87. The maximum atomic E-state index is 12.7. The van der Waals surface area contributed by atoms with Crippen LogP contribution < -0.4 is 5.48 Å². The van der Waals surface area contributed by atoms with Crippen LogP contribution in [0.4, 0.5) is 32.0 Å². The highest BCUT2D eigenvalue weighted by Crippen LogP contribution is 2.45. The molecule has 0 unspecified atom stereocenters. The smallest absolute Gasteiger partial charge is 0.426 e. The van der Waals surface area contributed by atoms with E-state index in [4.69, 9.17) is 5.11 Å². The number of hydrogen-bond acceptors (Lipinski definition) is 8. The van der Waals surface area contributed by atoms with E-state index in [0.29, 0.717) is 18.2 Å². The van der Waals surface area contributed by atoms with Gasteiger partial charge in [0.1, 0.15) is 15.5 Å². The maximum absolute atomic E-state index is 12.7. The summed E-state index contributed by atoms with van der Waals surface area (Å²) >= 11 is 0. The number of anilines is 1. The lowest BCUT2D eigenvalue weighted by atomic mass is 9.99. The summed E-state index contributed by atoms with van der Waals surface area (Å²) in [6.45, 7) is -1.44. The average Bonchev–Trinajstić information content (AvgIpc) is 2.60. The van der Waals surface area contributed by atoms with E-state index in [9.17, 15) is 57.4 Å². The van der Waals surface area contributed by atoms with Gasteiger partial charge in [0, 0.05) is 23.3 Å². The summed E-state index contributed by atoms with van der Waals surface area (Å²) in [7, 11) is -10.2. The molecule has 186 valence electrons. The SMILES string of the molecule is O=S(=O)(O)c1cc(NOCCC(O)(C(F)(F)F)C(F)(F)F)cc2c(S(=O)(=O)O)cc(O)cc12. The molecule has 18 heteroatoms. The van der Waals surface area contributed by atoms with Crippen LogP contribution in [0.5, 0.6) is 5.75 Å². The van der Waals surface area contributed by atoms with Crippen molar-refractivity contribution in [1.82, 2.24) is 0 Å². The quantitative estimate of drug-likeness (QED) is 0.155. The number of fused-ring (bicyclic) bond motifs is 1. The molecular formula is C15H13F6NO9S2. The van der Waals surface area contributed by atoms with Gasteiger partial charge in [-0.15, -0.1) is 0 Å². The molecule has 0 amide bonds. The Morgan fingerprint density at radius 2 is 1.27 bits per heavy atom. The minimum Gasteiger partial charge on any atom is -0.508 e. The number of halogens is 6. The fraction of sp³-hybridized carbons (Fsp3) is 0.333. The minimum absolute atomic E-state index is 0.503. The van der Waals surface area contributed by atoms with Crippen molar-refractivity contribution in [2.75, 3.05) is 12.1 Å². The van der Waals surface area contributed by atoms with Gasteiger partial charge in [0.25, 0.3) is 25.8 Å². The first-order valence-corrected chi connectivity index (χ1v) is 11.1. The van der Waals surface area contributed by atoms with Crippen molar-refractivity contribution in [3.05, 3.63) is 24.3 Å². The van der Waals surface area contributed by atoms with Crippen LogP contribution in [0.15, 0.2) is 34.1 Å². The first-order chi connectivity index (χ1) is 14.7. The van der Waals surface area contributed by atoms with E-state index in [1.54, 1.807) is 5.48 Å². The highest BCUT2D eigenvalue weighted by molar-refractivity contribution is 7.86. The number of aliphatic hydroxyl groups is 1. The molecule has 2 rings (SSSR count). The van der Waals surface area contributed by atoms with Crippen molar-refractivity contribution < 1.29 is 67.3 Å². The van der Waals surface area contributed by atoms with Crippen LogP contribution in [-0.2, 0) is 25.1 Å². The first kappa shape index (κ1) is 26.9. The number of phenolic OH excluding ortho intramolecular Hbond substituents is 1.